The van der Waals surface area contributed by atoms with E-state index in [2.05, 4.69) is 5.32 Å². The first-order valence-electron chi connectivity index (χ1n) is 8.82. The number of pyridine rings is 1. The topological polar surface area (TPSA) is 71.4 Å². The Bertz CT molecular complexity index is 845. The largest absolute Gasteiger partial charge is 0.355 e. The maximum atomic E-state index is 12.6. The van der Waals surface area contributed by atoms with Crippen LogP contribution in [0.25, 0.3) is 0 Å². The minimum Gasteiger partial charge on any atom is -0.355 e. The van der Waals surface area contributed by atoms with Gasteiger partial charge in [-0.1, -0.05) is 30.3 Å². The molecule has 0 radical (unpaired) electrons. The second-order valence-electron chi connectivity index (χ2n) is 6.63. The molecule has 2 amide bonds. The van der Waals surface area contributed by atoms with Gasteiger partial charge in [-0.25, -0.2) is 0 Å². The molecular weight excluding hydrogens is 330 g/mol. The van der Waals surface area contributed by atoms with Crippen molar-refractivity contribution < 1.29 is 9.59 Å². The number of nitrogens with one attached hydrogen (secondary N) is 1. The second-order valence-corrected chi connectivity index (χ2v) is 6.63. The number of benzene rings is 1. The minimum absolute atomic E-state index is 0.00306. The number of carbonyl (C=O) groups excluding carboxylic acids is 2. The van der Waals surface area contributed by atoms with Crippen molar-refractivity contribution in [3.63, 3.8) is 0 Å². The highest BCUT2D eigenvalue weighted by molar-refractivity contribution is 5.94. The zero-order chi connectivity index (χ0) is 18.5. The van der Waals surface area contributed by atoms with Crippen LogP contribution in [0.5, 0.6) is 0 Å². The predicted molar refractivity (Wildman–Crippen MR) is 98.8 cm³/mol. The van der Waals surface area contributed by atoms with E-state index in [0.717, 1.165) is 6.42 Å². The first kappa shape index (κ1) is 17.9. The smallest absolute Gasteiger partial charge is 0.255 e. The molecule has 1 aromatic heterocycles. The zero-order valence-corrected chi connectivity index (χ0v) is 14.9. The van der Waals surface area contributed by atoms with E-state index in [1.54, 1.807) is 11.9 Å². The van der Waals surface area contributed by atoms with Crippen LogP contribution in [0.4, 0.5) is 0 Å². The van der Waals surface area contributed by atoms with Gasteiger partial charge in [0.1, 0.15) is 0 Å². The van der Waals surface area contributed by atoms with Crippen molar-refractivity contribution in [2.24, 2.45) is 13.0 Å². The molecule has 26 heavy (non-hydrogen) atoms. The lowest BCUT2D eigenvalue weighted by molar-refractivity contribution is -0.124. The standard InChI is InChI=1S/C20H23N3O3/c1-22-13-17(7-8-18(22)24)20(26)23-12-10-16(14-23)19(25)21-11-9-15-5-3-2-4-6-15/h2-8,13,16H,9-12,14H2,1H3,(H,21,25). The lowest BCUT2D eigenvalue weighted by atomic mass is 10.1. The van der Waals surface area contributed by atoms with Gasteiger partial charge in [-0.15, -0.1) is 0 Å². The van der Waals surface area contributed by atoms with Crippen LogP contribution < -0.4 is 10.9 Å². The molecule has 1 fully saturated rings. The molecule has 0 spiro atoms. The van der Waals surface area contributed by atoms with Gasteiger partial charge in [0, 0.05) is 38.9 Å². The number of hydrogen-bond acceptors (Lipinski definition) is 3. The molecule has 1 atom stereocenters. The van der Waals surface area contributed by atoms with Gasteiger partial charge in [-0.2, -0.15) is 0 Å². The van der Waals surface area contributed by atoms with E-state index in [1.807, 2.05) is 30.3 Å². The van der Waals surface area contributed by atoms with Crippen molar-refractivity contribution in [3.8, 4) is 0 Å². The Hall–Kier alpha value is -2.89. The molecule has 1 aliphatic heterocycles. The first-order chi connectivity index (χ1) is 12.5. The maximum absolute atomic E-state index is 12.6. The molecule has 1 aromatic carbocycles. The lowest BCUT2D eigenvalue weighted by Crippen LogP contribution is -2.35. The molecule has 0 aliphatic carbocycles. The van der Waals surface area contributed by atoms with Gasteiger partial charge in [-0.05, 0) is 24.5 Å². The summed E-state index contributed by atoms with van der Waals surface area (Å²) in [6.45, 7) is 1.56. The van der Waals surface area contributed by atoms with Crippen molar-refractivity contribution in [2.75, 3.05) is 19.6 Å². The molecule has 136 valence electrons. The summed E-state index contributed by atoms with van der Waals surface area (Å²) in [6.07, 6.45) is 2.99. The number of amides is 2. The third-order valence-corrected chi connectivity index (χ3v) is 4.73. The Kier molecular flexibility index (Phi) is 5.51. The van der Waals surface area contributed by atoms with Crippen LogP contribution in [0.2, 0.25) is 0 Å². The summed E-state index contributed by atoms with van der Waals surface area (Å²) in [5.41, 5.74) is 1.50. The number of aromatic nitrogens is 1. The van der Waals surface area contributed by atoms with E-state index in [-0.39, 0.29) is 23.3 Å². The average Bonchev–Trinajstić information content (AvgIpc) is 3.14. The van der Waals surface area contributed by atoms with E-state index in [1.165, 1.54) is 28.5 Å². The minimum atomic E-state index is -0.178. The Balaban J connectivity index is 1.51. The molecule has 0 saturated carbocycles. The molecule has 0 bridgehead atoms. The predicted octanol–water partition coefficient (Wildman–Crippen LogP) is 1.21. The number of carbonyl (C=O) groups is 2. The van der Waals surface area contributed by atoms with Crippen LogP contribution in [0.1, 0.15) is 22.3 Å². The van der Waals surface area contributed by atoms with Gasteiger partial charge in [0.2, 0.25) is 11.5 Å². The molecule has 6 heteroatoms. The highest BCUT2D eigenvalue weighted by Crippen LogP contribution is 2.18. The van der Waals surface area contributed by atoms with E-state index in [4.69, 9.17) is 0 Å². The first-order valence-corrected chi connectivity index (χ1v) is 8.82. The quantitative estimate of drug-likeness (QED) is 0.878. The molecule has 2 heterocycles. The normalized spacial score (nSPS) is 16.5. The van der Waals surface area contributed by atoms with Gasteiger partial charge >= 0.3 is 0 Å². The van der Waals surface area contributed by atoms with Gasteiger partial charge in [-0.3, -0.25) is 14.4 Å². The Morgan fingerprint density at radius 2 is 1.92 bits per heavy atom. The third-order valence-electron chi connectivity index (χ3n) is 4.73. The van der Waals surface area contributed by atoms with Crippen LogP contribution in [-0.4, -0.2) is 40.9 Å². The maximum Gasteiger partial charge on any atom is 0.255 e. The summed E-state index contributed by atoms with van der Waals surface area (Å²) in [7, 11) is 1.62. The zero-order valence-electron chi connectivity index (χ0n) is 14.9. The van der Waals surface area contributed by atoms with Crippen LogP contribution in [-0.2, 0) is 18.3 Å². The molecule has 1 N–H and O–H groups in total. The van der Waals surface area contributed by atoms with Crippen LogP contribution in [0.15, 0.2) is 53.5 Å². The fourth-order valence-corrected chi connectivity index (χ4v) is 3.18. The Morgan fingerprint density at radius 1 is 1.15 bits per heavy atom. The summed E-state index contributed by atoms with van der Waals surface area (Å²) >= 11 is 0. The SMILES string of the molecule is Cn1cc(C(=O)N2CCC(C(=O)NCCc3ccccc3)C2)ccc1=O. The average molecular weight is 353 g/mol. The number of hydrogen-bond donors (Lipinski definition) is 1. The lowest BCUT2D eigenvalue weighted by Gasteiger charge is -2.17. The molecule has 1 aliphatic rings. The fourth-order valence-electron chi connectivity index (χ4n) is 3.18. The number of nitrogens with zero attached hydrogens (tertiary/aromatic N) is 2. The molecule has 2 aromatic rings. The highest BCUT2D eigenvalue weighted by atomic mass is 16.2. The molecule has 1 unspecified atom stereocenters. The molecule has 3 rings (SSSR count). The Labute approximate surface area is 152 Å². The van der Waals surface area contributed by atoms with Gasteiger partial charge in [0.15, 0.2) is 0 Å². The van der Waals surface area contributed by atoms with Crippen LogP contribution in [0, 0.1) is 5.92 Å². The summed E-state index contributed by atoms with van der Waals surface area (Å²) in [4.78, 5) is 38.0. The number of likely N-dealkylation sites (tertiary alicyclic amines) is 1. The van der Waals surface area contributed by atoms with Gasteiger partial charge in [0.05, 0.1) is 11.5 Å². The Morgan fingerprint density at radius 3 is 2.65 bits per heavy atom. The monoisotopic (exact) mass is 353 g/mol. The van der Waals surface area contributed by atoms with Crippen LogP contribution in [0.3, 0.4) is 0 Å². The number of rotatable bonds is 5. The van der Waals surface area contributed by atoms with E-state index < -0.39 is 0 Å². The summed E-state index contributed by atoms with van der Waals surface area (Å²) < 4.78 is 1.39. The number of aryl methyl sites for hydroxylation is 1. The molecule has 6 nitrogen and oxygen atoms in total. The fraction of sp³-hybridized carbons (Fsp3) is 0.350. The van der Waals surface area contributed by atoms with E-state index >= 15 is 0 Å². The van der Waals surface area contributed by atoms with Gasteiger partial charge in [0.25, 0.3) is 5.91 Å². The van der Waals surface area contributed by atoms with Crippen molar-refractivity contribution >= 4 is 11.8 Å². The summed E-state index contributed by atoms with van der Waals surface area (Å²) in [5, 5.41) is 2.97. The highest BCUT2D eigenvalue weighted by Gasteiger charge is 2.31. The van der Waals surface area contributed by atoms with Crippen molar-refractivity contribution in [1.82, 2.24) is 14.8 Å². The third kappa shape index (κ3) is 4.20. The van der Waals surface area contributed by atoms with Crippen LogP contribution >= 0.6 is 0 Å². The summed E-state index contributed by atoms with van der Waals surface area (Å²) in [5.74, 6) is -0.320. The van der Waals surface area contributed by atoms with Gasteiger partial charge < -0.3 is 14.8 Å². The summed E-state index contributed by atoms with van der Waals surface area (Å²) in [6, 6.07) is 12.9. The molecule has 1 saturated heterocycles. The van der Waals surface area contributed by atoms with E-state index in [0.29, 0.717) is 31.6 Å². The van der Waals surface area contributed by atoms with Crippen molar-refractivity contribution in [2.45, 2.75) is 12.8 Å². The van der Waals surface area contributed by atoms with E-state index in [9.17, 15) is 14.4 Å². The van der Waals surface area contributed by atoms with Crippen molar-refractivity contribution in [3.05, 3.63) is 70.1 Å². The molecular formula is C20H23N3O3. The second kappa shape index (κ2) is 7.99. The van der Waals surface area contributed by atoms with Crippen molar-refractivity contribution in [1.29, 1.82) is 0 Å².